The molecule has 0 heterocycles. The minimum Gasteiger partial charge on any atom is -0.493 e. The van der Waals surface area contributed by atoms with Gasteiger partial charge in [-0.25, -0.2) is 5.84 Å². The molecule has 22 heavy (non-hydrogen) atoms. The van der Waals surface area contributed by atoms with Crippen molar-refractivity contribution in [2.45, 2.75) is 6.61 Å². The fraction of sp³-hybridized carbons (Fsp3) is 0.133. The molecule has 0 aliphatic heterocycles. The average molecular weight is 386 g/mol. The lowest BCUT2D eigenvalue weighted by Gasteiger charge is -2.14. The Labute approximate surface area is 141 Å². The highest BCUT2D eigenvalue weighted by atomic mass is 79.9. The molecule has 0 fully saturated rings. The van der Waals surface area contributed by atoms with Crippen LogP contribution in [0.5, 0.6) is 11.5 Å². The van der Waals surface area contributed by atoms with Gasteiger partial charge in [-0.3, -0.25) is 10.2 Å². The molecule has 0 spiro atoms. The third-order valence-electron chi connectivity index (χ3n) is 2.92. The summed E-state index contributed by atoms with van der Waals surface area (Å²) in [4.78, 5) is 11.6. The van der Waals surface area contributed by atoms with Crippen molar-refractivity contribution in [3.05, 3.63) is 57.0 Å². The Bertz CT molecular complexity index is 677. The molecule has 2 aromatic rings. The number of hydrogen-bond donors (Lipinski definition) is 2. The van der Waals surface area contributed by atoms with Gasteiger partial charge in [-0.1, -0.05) is 23.7 Å². The summed E-state index contributed by atoms with van der Waals surface area (Å²) in [5.41, 5.74) is 3.40. The van der Waals surface area contributed by atoms with Gasteiger partial charge in [-0.05, 0) is 45.8 Å². The summed E-state index contributed by atoms with van der Waals surface area (Å²) < 4.78 is 11.6. The van der Waals surface area contributed by atoms with Gasteiger partial charge in [0, 0.05) is 10.6 Å². The predicted octanol–water partition coefficient (Wildman–Crippen LogP) is 3.29. The van der Waals surface area contributed by atoms with E-state index < -0.39 is 5.91 Å². The van der Waals surface area contributed by atoms with Crippen LogP contribution in [0.25, 0.3) is 0 Å². The first kappa shape index (κ1) is 16.6. The smallest absolute Gasteiger partial charge is 0.265 e. The first-order chi connectivity index (χ1) is 10.5. The van der Waals surface area contributed by atoms with Crippen molar-refractivity contribution in [1.82, 2.24) is 5.43 Å². The molecule has 116 valence electrons. The molecule has 0 saturated carbocycles. The van der Waals surface area contributed by atoms with Crippen LogP contribution in [0.3, 0.4) is 0 Å². The second-order valence-electron chi connectivity index (χ2n) is 4.38. The number of nitrogens with two attached hydrogens (primary N) is 1. The third kappa shape index (κ3) is 3.91. The van der Waals surface area contributed by atoms with E-state index in [-0.39, 0.29) is 0 Å². The van der Waals surface area contributed by atoms with Crippen LogP contribution < -0.4 is 20.7 Å². The van der Waals surface area contributed by atoms with E-state index in [1.165, 1.54) is 7.11 Å². The van der Waals surface area contributed by atoms with Crippen LogP contribution in [-0.2, 0) is 6.61 Å². The maximum absolute atomic E-state index is 11.6. The molecule has 0 atom stereocenters. The third-order valence-corrected chi connectivity index (χ3v) is 3.76. The maximum atomic E-state index is 11.6. The van der Waals surface area contributed by atoms with E-state index >= 15 is 0 Å². The van der Waals surface area contributed by atoms with Crippen molar-refractivity contribution >= 4 is 33.4 Å². The highest BCUT2D eigenvalue weighted by Crippen LogP contribution is 2.37. The number of halogens is 2. The summed E-state index contributed by atoms with van der Waals surface area (Å²) in [5.74, 6) is 5.66. The lowest BCUT2D eigenvalue weighted by atomic mass is 10.2. The second-order valence-corrected chi connectivity index (χ2v) is 5.67. The van der Waals surface area contributed by atoms with Gasteiger partial charge in [0.15, 0.2) is 11.5 Å². The Kier molecular flexibility index (Phi) is 5.65. The molecule has 0 unspecified atom stereocenters. The van der Waals surface area contributed by atoms with E-state index in [9.17, 15) is 4.79 Å². The van der Waals surface area contributed by atoms with Gasteiger partial charge in [0.1, 0.15) is 6.61 Å². The topological polar surface area (TPSA) is 73.6 Å². The Morgan fingerprint density at radius 1 is 1.32 bits per heavy atom. The number of carbonyl (C=O) groups excluding carboxylic acids is 1. The number of methoxy groups -OCH3 is 1. The maximum Gasteiger partial charge on any atom is 0.265 e. The largest absolute Gasteiger partial charge is 0.493 e. The SMILES string of the molecule is COc1cc(C(=O)NN)cc(Br)c1OCc1ccc(Cl)cc1. The molecule has 3 N–H and O–H groups in total. The number of rotatable bonds is 5. The van der Waals surface area contributed by atoms with Gasteiger partial charge in [-0.2, -0.15) is 0 Å². The van der Waals surface area contributed by atoms with Crippen LogP contribution in [-0.4, -0.2) is 13.0 Å². The molecule has 2 aromatic carbocycles. The zero-order chi connectivity index (χ0) is 16.1. The Morgan fingerprint density at radius 2 is 2.00 bits per heavy atom. The fourth-order valence-corrected chi connectivity index (χ4v) is 2.49. The molecule has 0 bridgehead atoms. The number of hydrogen-bond acceptors (Lipinski definition) is 4. The van der Waals surface area contributed by atoms with Crippen molar-refractivity contribution in [3.63, 3.8) is 0 Å². The van der Waals surface area contributed by atoms with Crippen molar-refractivity contribution in [1.29, 1.82) is 0 Å². The monoisotopic (exact) mass is 384 g/mol. The highest BCUT2D eigenvalue weighted by Gasteiger charge is 2.15. The van der Waals surface area contributed by atoms with Gasteiger partial charge >= 0.3 is 0 Å². The lowest BCUT2D eigenvalue weighted by molar-refractivity contribution is 0.0953. The summed E-state index contributed by atoms with van der Waals surface area (Å²) in [5, 5.41) is 0.666. The van der Waals surface area contributed by atoms with Crippen LogP contribution in [0.1, 0.15) is 15.9 Å². The fourth-order valence-electron chi connectivity index (χ4n) is 1.81. The van der Waals surface area contributed by atoms with E-state index in [1.54, 1.807) is 24.3 Å². The molecule has 0 radical (unpaired) electrons. The number of hydrazine groups is 1. The van der Waals surface area contributed by atoms with Crippen molar-refractivity contribution < 1.29 is 14.3 Å². The Balaban J connectivity index is 2.23. The molecule has 5 nitrogen and oxygen atoms in total. The standard InChI is InChI=1S/C15H14BrClN2O3/c1-21-13-7-10(15(20)19-18)6-12(16)14(13)22-8-9-2-4-11(17)5-3-9/h2-7H,8,18H2,1H3,(H,19,20). The summed E-state index contributed by atoms with van der Waals surface area (Å²) >= 11 is 9.22. The van der Waals surface area contributed by atoms with E-state index in [4.69, 9.17) is 26.9 Å². The van der Waals surface area contributed by atoms with Gasteiger partial charge in [0.05, 0.1) is 11.6 Å². The molecule has 0 aliphatic rings. The summed E-state index contributed by atoms with van der Waals surface area (Å²) in [6, 6.07) is 10.5. The lowest BCUT2D eigenvalue weighted by Crippen LogP contribution is -2.30. The van der Waals surface area contributed by atoms with Crippen LogP contribution >= 0.6 is 27.5 Å². The normalized spacial score (nSPS) is 10.2. The van der Waals surface area contributed by atoms with E-state index in [0.717, 1.165) is 5.56 Å². The molecule has 7 heteroatoms. The van der Waals surface area contributed by atoms with Crippen LogP contribution in [0.2, 0.25) is 5.02 Å². The summed E-state index contributed by atoms with van der Waals surface area (Å²) in [6.45, 7) is 0.342. The van der Waals surface area contributed by atoms with Gasteiger partial charge in [0.25, 0.3) is 5.91 Å². The molecule has 0 saturated heterocycles. The first-order valence-corrected chi connectivity index (χ1v) is 7.48. The highest BCUT2D eigenvalue weighted by molar-refractivity contribution is 9.10. The average Bonchev–Trinajstić information content (AvgIpc) is 2.53. The Morgan fingerprint density at radius 3 is 2.59 bits per heavy atom. The minimum atomic E-state index is -0.414. The second kappa shape index (κ2) is 7.49. The summed E-state index contributed by atoms with van der Waals surface area (Å²) in [7, 11) is 1.50. The molecule has 2 rings (SSSR count). The predicted molar refractivity (Wildman–Crippen MR) is 88.1 cm³/mol. The van der Waals surface area contributed by atoms with Crippen molar-refractivity contribution in [2.24, 2.45) is 5.84 Å². The molecule has 0 aliphatic carbocycles. The Hall–Kier alpha value is -1.76. The number of carbonyl (C=O) groups is 1. The van der Waals surface area contributed by atoms with E-state index in [2.05, 4.69) is 21.4 Å². The zero-order valence-corrected chi connectivity index (χ0v) is 14.1. The van der Waals surface area contributed by atoms with Gasteiger partial charge in [0.2, 0.25) is 0 Å². The number of benzene rings is 2. The van der Waals surface area contributed by atoms with Crippen molar-refractivity contribution in [3.8, 4) is 11.5 Å². The first-order valence-electron chi connectivity index (χ1n) is 6.31. The van der Waals surface area contributed by atoms with E-state index in [0.29, 0.717) is 33.2 Å². The number of amides is 1. The molecular weight excluding hydrogens is 372 g/mol. The zero-order valence-electron chi connectivity index (χ0n) is 11.7. The van der Waals surface area contributed by atoms with Gasteiger partial charge in [-0.15, -0.1) is 0 Å². The summed E-state index contributed by atoms with van der Waals surface area (Å²) in [6.07, 6.45) is 0. The number of nitrogens with one attached hydrogen (secondary N) is 1. The van der Waals surface area contributed by atoms with Crippen molar-refractivity contribution in [2.75, 3.05) is 7.11 Å². The minimum absolute atomic E-state index is 0.342. The van der Waals surface area contributed by atoms with Gasteiger partial charge < -0.3 is 9.47 Å². The number of ether oxygens (including phenoxy) is 2. The van der Waals surface area contributed by atoms with Crippen LogP contribution in [0, 0.1) is 0 Å². The van der Waals surface area contributed by atoms with E-state index in [1.807, 2.05) is 12.1 Å². The number of nitrogen functional groups attached to an aromatic ring is 1. The quantitative estimate of drug-likeness (QED) is 0.470. The molecular formula is C15H14BrClN2O3. The van der Waals surface area contributed by atoms with Crippen LogP contribution in [0.4, 0.5) is 0 Å². The molecule has 1 amide bonds. The van der Waals surface area contributed by atoms with Crippen LogP contribution in [0.15, 0.2) is 40.9 Å². The molecule has 0 aromatic heterocycles.